The van der Waals surface area contributed by atoms with Crippen molar-refractivity contribution in [1.82, 2.24) is 19.7 Å². The van der Waals surface area contributed by atoms with Gasteiger partial charge in [-0.05, 0) is 12.1 Å². The number of aromatic nitrogens is 1. The van der Waals surface area contributed by atoms with Crippen LogP contribution in [0.4, 0.5) is 4.39 Å². The lowest BCUT2D eigenvalue weighted by Gasteiger charge is -2.35. The molecule has 2 aliphatic rings. The van der Waals surface area contributed by atoms with Crippen molar-refractivity contribution in [2.75, 3.05) is 32.7 Å². The zero-order chi connectivity index (χ0) is 21.3. The highest BCUT2D eigenvalue weighted by molar-refractivity contribution is 7.13. The molecule has 8 nitrogen and oxygen atoms in total. The predicted octanol–water partition coefficient (Wildman–Crippen LogP) is 1.38. The van der Waals surface area contributed by atoms with Gasteiger partial charge in [0.2, 0.25) is 17.7 Å². The topological polar surface area (TPSA) is 90.9 Å². The third-order valence-corrected chi connectivity index (χ3v) is 6.07. The third kappa shape index (κ3) is 3.95. The van der Waals surface area contributed by atoms with E-state index >= 15 is 0 Å². The molecule has 0 radical (unpaired) electrons. The van der Waals surface area contributed by atoms with E-state index in [-0.39, 0.29) is 48.7 Å². The maximum atomic E-state index is 13.9. The molecule has 2 saturated heterocycles. The fourth-order valence-corrected chi connectivity index (χ4v) is 4.31. The van der Waals surface area contributed by atoms with Gasteiger partial charge in [0.15, 0.2) is 0 Å². The Hall–Kier alpha value is -3.14. The van der Waals surface area contributed by atoms with Crippen LogP contribution in [0.1, 0.15) is 23.3 Å². The van der Waals surface area contributed by atoms with Crippen molar-refractivity contribution in [2.45, 2.75) is 12.8 Å². The number of halogens is 1. The number of rotatable bonds is 4. The average molecular weight is 430 g/mol. The van der Waals surface area contributed by atoms with E-state index in [4.69, 9.17) is 0 Å². The molecule has 4 amide bonds. The van der Waals surface area contributed by atoms with Crippen LogP contribution in [-0.2, 0) is 14.4 Å². The Kier molecular flexibility index (Phi) is 5.58. The molecule has 1 aromatic carbocycles. The van der Waals surface area contributed by atoms with Crippen LogP contribution in [-0.4, -0.2) is 76.0 Å². The zero-order valence-electron chi connectivity index (χ0n) is 16.0. The number of amides is 4. The van der Waals surface area contributed by atoms with Crippen molar-refractivity contribution >= 4 is 35.0 Å². The van der Waals surface area contributed by atoms with Gasteiger partial charge in [0.25, 0.3) is 5.91 Å². The van der Waals surface area contributed by atoms with E-state index < -0.39 is 5.82 Å². The standard InChI is InChI=1S/C20H19FN4O4S/c21-14-4-2-1-3-13(14)19-22-15(12-30-19)20(29)24-9-7-23(8-10-24)18(28)11-25-16(26)5-6-17(25)27/h1-4,12H,5-11H2. The molecular weight excluding hydrogens is 411 g/mol. The summed E-state index contributed by atoms with van der Waals surface area (Å²) < 4.78 is 13.9. The Labute approximate surface area is 175 Å². The first-order valence-corrected chi connectivity index (χ1v) is 10.4. The Morgan fingerprint density at radius 1 is 1.00 bits per heavy atom. The van der Waals surface area contributed by atoms with Crippen LogP contribution < -0.4 is 0 Å². The number of piperazine rings is 1. The lowest BCUT2D eigenvalue weighted by Crippen LogP contribution is -2.53. The highest BCUT2D eigenvalue weighted by Gasteiger charge is 2.33. The minimum absolute atomic E-state index is 0.150. The molecule has 3 heterocycles. The molecule has 30 heavy (non-hydrogen) atoms. The summed E-state index contributed by atoms with van der Waals surface area (Å²) in [5.74, 6) is -1.62. The lowest BCUT2D eigenvalue weighted by atomic mass is 10.2. The Morgan fingerprint density at radius 2 is 1.63 bits per heavy atom. The zero-order valence-corrected chi connectivity index (χ0v) is 16.9. The Morgan fingerprint density at radius 3 is 2.30 bits per heavy atom. The number of likely N-dealkylation sites (tertiary alicyclic amines) is 1. The van der Waals surface area contributed by atoms with Gasteiger partial charge in [-0.3, -0.25) is 24.1 Å². The van der Waals surface area contributed by atoms with Crippen molar-refractivity contribution in [3.8, 4) is 10.6 Å². The molecule has 1 aromatic heterocycles. The molecule has 0 bridgehead atoms. The van der Waals surface area contributed by atoms with Crippen LogP contribution in [0, 0.1) is 5.82 Å². The summed E-state index contributed by atoms with van der Waals surface area (Å²) in [6.45, 7) is 1.01. The van der Waals surface area contributed by atoms with Gasteiger partial charge in [-0.15, -0.1) is 11.3 Å². The summed E-state index contributed by atoms with van der Waals surface area (Å²) in [6, 6.07) is 6.26. The maximum absolute atomic E-state index is 13.9. The Balaban J connectivity index is 1.35. The smallest absolute Gasteiger partial charge is 0.273 e. The average Bonchev–Trinajstić information content (AvgIpc) is 3.36. The van der Waals surface area contributed by atoms with E-state index in [0.717, 1.165) is 4.90 Å². The monoisotopic (exact) mass is 430 g/mol. The van der Waals surface area contributed by atoms with E-state index in [1.807, 2.05) is 0 Å². The normalized spacial score (nSPS) is 17.0. The molecule has 0 saturated carbocycles. The fourth-order valence-electron chi connectivity index (χ4n) is 3.49. The van der Waals surface area contributed by atoms with E-state index in [1.54, 1.807) is 33.4 Å². The fraction of sp³-hybridized carbons (Fsp3) is 0.350. The molecule has 0 N–H and O–H groups in total. The van der Waals surface area contributed by atoms with Gasteiger partial charge in [-0.1, -0.05) is 12.1 Å². The Bertz CT molecular complexity index is 1000. The minimum Gasteiger partial charge on any atom is -0.338 e. The van der Waals surface area contributed by atoms with E-state index in [1.165, 1.54) is 17.4 Å². The number of hydrogen-bond acceptors (Lipinski definition) is 6. The quantitative estimate of drug-likeness (QED) is 0.684. The first-order valence-electron chi connectivity index (χ1n) is 9.54. The summed E-state index contributed by atoms with van der Waals surface area (Å²) in [7, 11) is 0. The second-order valence-electron chi connectivity index (χ2n) is 7.06. The van der Waals surface area contributed by atoms with Crippen LogP contribution in [0.25, 0.3) is 10.6 Å². The van der Waals surface area contributed by atoms with Crippen molar-refractivity contribution in [1.29, 1.82) is 0 Å². The first kappa shape index (κ1) is 20.1. The lowest BCUT2D eigenvalue weighted by molar-refractivity contribution is -0.146. The summed E-state index contributed by atoms with van der Waals surface area (Å²) in [5, 5.41) is 2.04. The predicted molar refractivity (Wildman–Crippen MR) is 106 cm³/mol. The maximum Gasteiger partial charge on any atom is 0.273 e. The first-order chi connectivity index (χ1) is 14.4. The number of hydrogen-bond donors (Lipinski definition) is 0. The van der Waals surface area contributed by atoms with Crippen molar-refractivity contribution in [3.05, 3.63) is 41.2 Å². The number of carbonyl (C=O) groups excluding carboxylic acids is 4. The van der Waals surface area contributed by atoms with Crippen molar-refractivity contribution in [2.24, 2.45) is 0 Å². The molecular formula is C20H19FN4O4S. The van der Waals surface area contributed by atoms with Gasteiger partial charge in [0, 0.05) is 50.0 Å². The molecule has 2 aliphatic heterocycles. The SMILES string of the molecule is O=C(CN1C(=O)CCC1=O)N1CCN(C(=O)c2csc(-c3ccccc3F)n2)CC1. The van der Waals surface area contributed by atoms with Crippen LogP contribution in [0.15, 0.2) is 29.6 Å². The molecule has 10 heteroatoms. The van der Waals surface area contributed by atoms with Gasteiger partial charge < -0.3 is 9.80 Å². The minimum atomic E-state index is -0.395. The van der Waals surface area contributed by atoms with Gasteiger partial charge in [0.1, 0.15) is 23.1 Å². The van der Waals surface area contributed by atoms with Gasteiger partial charge in [-0.25, -0.2) is 9.37 Å². The van der Waals surface area contributed by atoms with Crippen molar-refractivity contribution in [3.63, 3.8) is 0 Å². The number of nitrogens with zero attached hydrogens (tertiary/aromatic N) is 4. The van der Waals surface area contributed by atoms with E-state index in [2.05, 4.69) is 4.98 Å². The van der Waals surface area contributed by atoms with Crippen LogP contribution in [0.2, 0.25) is 0 Å². The number of carbonyl (C=O) groups is 4. The molecule has 2 aromatic rings. The highest BCUT2D eigenvalue weighted by Crippen LogP contribution is 2.26. The second-order valence-corrected chi connectivity index (χ2v) is 7.92. The molecule has 2 fully saturated rings. The van der Waals surface area contributed by atoms with Crippen LogP contribution in [0.5, 0.6) is 0 Å². The van der Waals surface area contributed by atoms with Gasteiger partial charge in [0.05, 0.1) is 0 Å². The van der Waals surface area contributed by atoms with Crippen LogP contribution in [0.3, 0.4) is 0 Å². The summed E-state index contributed by atoms with van der Waals surface area (Å²) in [6.07, 6.45) is 0.299. The molecule has 0 unspecified atom stereocenters. The summed E-state index contributed by atoms with van der Waals surface area (Å²) in [5.41, 5.74) is 0.592. The van der Waals surface area contributed by atoms with E-state index in [0.29, 0.717) is 36.8 Å². The number of imide groups is 1. The van der Waals surface area contributed by atoms with Crippen LogP contribution >= 0.6 is 11.3 Å². The second kappa shape index (κ2) is 8.31. The number of benzene rings is 1. The third-order valence-electron chi connectivity index (χ3n) is 5.20. The summed E-state index contributed by atoms with van der Waals surface area (Å²) in [4.78, 5) is 56.9. The molecule has 0 aliphatic carbocycles. The summed E-state index contributed by atoms with van der Waals surface area (Å²) >= 11 is 1.20. The molecule has 4 rings (SSSR count). The van der Waals surface area contributed by atoms with Gasteiger partial charge >= 0.3 is 0 Å². The molecule has 156 valence electrons. The highest BCUT2D eigenvalue weighted by atomic mass is 32.1. The van der Waals surface area contributed by atoms with Crippen molar-refractivity contribution < 1.29 is 23.6 Å². The van der Waals surface area contributed by atoms with E-state index in [9.17, 15) is 23.6 Å². The largest absolute Gasteiger partial charge is 0.338 e. The van der Waals surface area contributed by atoms with Gasteiger partial charge in [-0.2, -0.15) is 0 Å². The molecule has 0 spiro atoms. The molecule has 0 atom stereocenters. The number of thiazole rings is 1.